The summed E-state index contributed by atoms with van der Waals surface area (Å²) in [5.41, 5.74) is 4.17. The van der Waals surface area contributed by atoms with Crippen molar-refractivity contribution in [1.29, 1.82) is 0 Å². The fourth-order valence-corrected chi connectivity index (χ4v) is 7.44. The minimum Gasteiger partial charge on any atom is -0.491 e. The van der Waals surface area contributed by atoms with Crippen LogP contribution in [0.1, 0.15) is 17.0 Å². The summed E-state index contributed by atoms with van der Waals surface area (Å²) in [7, 11) is 0. The van der Waals surface area contributed by atoms with Gasteiger partial charge in [0.05, 0.1) is 61.7 Å². The second kappa shape index (κ2) is 21.6. The average molecular weight is 922 g/mol. The Bertz CT molecular complexity index is 3020. The smallest absolute Gasteiger partial charge is 0.193 e. The number of aromatic nitrogens is 6. The summed E-state index contributed by atoms with van der Waals surface area (Å²) in [4.78, 5) is 27.2. The van der Waals surface area contributed by atoms with Crippen LogP contribution >= 0.6 is 0 Å². The summed E-state index contributed by atoms with van der Waals surface area (Å²) in [6.45, 7) is 5.01. The molecule has 9 rings (SSSR count). The molecular weight excluding hydrogens is 877 g/mol. The molecular formula is C51H45F2N7O8. The fraction of sp³-hybridized carbons (Fsp3) is 0.216. The maximum absolute atomic E-state index is 13.6. The Morgan fingerprint density at radius 1 is 0.515 bits per heavy atom. The molecule has 0 unspecified atom stereocenters. The highest BCUT2D eigenvalue weighted by atomic mass is 19.1. The molecule has 15 nitrogen and oxygen atoms in total. The third-order valence-corrected chi connectivity index (χ3v) is 10.8. The lowest BCUT2D eigenvalue weighted by Gasteiger charge is -2.20. The number of ether oxygens (including phenoxy) is 4. The lowest BCUT2D eigenvalue weighted by Crippen LogP contribution is -2.23. The molecule has 0 radical (unpaired) electrons. The second-order valence-electron chi connectivity index (χ2n) is 15.8. The highest BCUT2D eigenvalue weighted by Crippen LogP contribution is 2.26. The number of benzene rings is 5. The number of fused-ring (bicyclic) bond motifs is 2. The zero-order valence-electron chi connectivity index (χ0n) is 36.7. The van der Waals surface area contributed by atoms with Gasteiger partial charge in [-0.1, -0.05) is 40.8 Å². The SMILES string of the molecule is O=c1cc(-c2ccc(OCCOCCn3cc(CN(Cc4ccccc4)Cc4cn(CCOCCOc5ccc(-c6cc(=O)c7cc(F)ccc7o6)cc5)nn4)nn3)cc2)oc2ccc(F)cc12. The molecule has 0 aliphatic heterocycles. The van der Waals surface area contributed by atoms with Crippen molar-refractivity contribution in [2.75, 3.05) is 39.6 Å². The van der Waals surface area contributed by atoms with Gasteiger partial charge in [0, 0.05) is 55.3 Å². The highest BCUT2D eigenvalue weighted by Gasteiger charge is 2.15. The molecule has 0 fully saturated rings. The van der Waals surface area contributed by atoms with Crippen LogP contribution in [0.25, 0.3) is 44.6 Å². The van der Waals surface area contributed by atoms with Crippen LogP contribution in [0.2, 0.25) is 0 Å². The van der Waals surface area contributed by atoms with E-state index in [0.717, 1.165) is 17.0 Å². The molecule has 0 atom stereocenters. The van der Waals surface area contributed by atoms with E-state index in [4.69, 9.17) is 27.8 Å². The predicted molar refractivity (Wildman–Crippen MR) is 248 cm³/mol. The van der Waals surface area contributed by atoms with Crippen LogP contribution in [0.3, 0.4) is 0 Å². The number of hydrogen-bond donors (Lipinski definition) is 0. The molecule has 0 saturated carbocycles. The summed E-state index contributed by atoms with van der Waals surface area (Å²) in [6, 6.07) is 35.0. The van der Waals surface area contributed by atoms with Crippen LogP contribution in [0, 0.1) is 11.6 Å². The third-order valence-electron chi connectivity index (χ3n) is 10.8. The molecule has 0 N–H and O–H groups in total. The number of rotatable bonds is 22. The van der Waals surface area contributed by atoms with Gasteiger partial charge in [-0.05, 0) is 90.5 Å². The summed E-state index contributed by atoms with van der Waals surface area (Å²) < 4.78 is 65.6. The predicted octanol–water partition coefficient (Wildman–Crippen LogP) is 8.09. The first-order valence-electron chi connectivity index (χ1n) is 21.9. The standard InChI is InChI=1S/C51H45F2N7O8/c52-38-10-16-48-44(26-38)46(61)28-50(67-48)36-6-12-42(13-7-36)65-24-22-63-20-18-59-33-40(54-56-59)31-58(30-35-4-2-1-3-5-35)32-41-34-60(57-55-41)19-21-64-23-25-66-43-14-8-37(9-15-43)51-29-47(62)45-27-39(53)11-17-49(45)68-51/h1-17,26-29,33-34H,18-25,30-32H2. The van der Waals surface area contributed by atoms with Crippen molar-refractivity contribution in [2.24, 2.45) is 0 Å². The van der Waals surface area contributed by atoms with Crippen LogP contribution in [-0.4, -0.2) is 74.5 Å². The Balaban J connectivity index is 0.685. The van der Waals surface area contributed by atoms with E-state index < -0.39 is 11.6 Å². The van der Waals surface area contributed by atoms with E-state index in [9.17, 15) is 18.4 Å². The molecule has 0 spiro atoms. The van der Waals surface area contributed by atoms with E-state index in [1.54, 1.807) is 57.9 Å². The van der Waals surface area contributed by atoms with Crippen LogP contribution in [-0.2, 0) is 42.2 Å². The van der Waals surface area contributed by atoms with Gasteiger partial charge in [-0.2, -0.15) is 0 Å². The fourth-order valence-electron chi connectivity index (χ4n) is 7.44. The van der Waals surface area contributed by atoms with Crippen molar-refractivity contribution in [2.45, 2.75) is 32.7 Å². The quantitative estimate of drug-likeness (QED) is 0.0601. The van der Waals surface area contributed by atoms with Crippen LogP contribution < -0.4 is 20.3 Å². The summed E-state index contributed by atoms with van der Waals surface area (Å²) >= 11 is 0. The van der Waals surface area contributed by atoms with E-state index in [2.05, 4.69) is 37.7 Å². The monoisotopic (exact) mass is 921 g/mol. The number of halogens is 2. The van der Waals surface area contributed by atoms with E-state index in [1.165, 1.54) is 48.5 Å². The molecule has 0 aliphatic carbocycles. The zero-order valence-corrected chi connectivity index (χ0v) is 36.7. The van der Waals surface area contributed by atoms with Crippen LogP contribution in [0.4, 0.5) is 8.78 Å². The minimum absolute atomic E-state index is 0.196. The Morgan fingerprint density at radius 2 is 0.985 bits per heavy atom. The maximum Gasteiger partial charge on any atom is 0.193 e. The van der Waals surface area contributed by atoms with Gasteiger partial charge in [0.15, 0.2) is 10.9 Å². The molecule has 17 heteroatoms. The molecule has 68 heavy (non-hydrogen) atoms. The van der Waals surface area contributed by atoms with Crippen molar-refractivity contribution in [3.63, 3.8) is 0 Å². The van der Waals surface area contributed by atoms with Gasteiger partial charge in [0.25, 0.3) is 0 Å². The molecule has 0 aliphatic rings. The summed E-state index contributed by atoms with van der Waals surface area (Å²) in [5, 5.41) is 17.9. The second-order valence-corrected chi connectivity index (χ2v) is 15.8. The molecule has 9 aromatic rings. The van der Waals surface area contributed by atoms with Crippen molar-refractivity contribution in [1.82, 2.24) is 34.9 Å². The lowest BCUT2D eigenvalue weighted by atomic mass is 10.1. The maximum atomic E-state index is 13.6. The normalized spacial score (nSPS) is 11.5. The first-order chi connectivity index (χ1) is 33.3. The van der Waals surface area contributed by atoms with Gasteiger partial charge in [-0.3, -0.25) is 14.5 Å². The Labute approximate surface area is 387 Å². The number of hydrogen-bond acceptors (Lipinski definition) is 13. The Hall–Kier alpha value is -7.86. The third kappa shape index (κ3) is 11.9. The molecule has 346 valence electrons. The van der Waals surface area contributed by atoms with Crippen molar-refractivity contribution in [3.8, 4) is 34.1 Å². The van der Waals surface area contributed by atoms with Crippen molar-refractivity contribution < 1.29 is 36.6 Å². The molecule has 0 amide bonds. The molecule has 4 aromatic heterocycles. The van der Waals surface area contributed by atoms with E-state index in [0.29, 0.717) is 118 Å². The van der Waals surface area contributed by atoms with Gasteiger partial charge >= 0.3 is 0 Å². The largest absolute Gasteiger partial charge is 0.491 e. The average Bonchev–Trinajstić information content (AvgIpc) is 4.01. The van der Waals surface area contributed by atoms with E-state index in [1.807, 2.05) is 30.6 Å². The summed E-state index contributed by atoms with van der Waals surface area (Å²) in [6.07, 6.45) is 3.83. The topological polar surface area (TPSA) is 162 Å². The van der Waals surface area contributed by atoms with E-state index in [-0.39, 0.29) is 21.6 Å². The Morgan fingerprint density at radius 3 is 1.46 bits per heavy atom. The highest BCUT2D eigenvalue weighted by molar-refractivity contribution is 5.79. The minimum atomic E-state index is -0.492. The van der Waals surface area contributed by atoms with E-state index >= 15 is 0 Å². The van der Waals surface area contributed by atoms with Gasteiger partial charge in [-0.15, -0.1) is 10.2 Å². The molecule has 0 saturated heterocycles. The molecule has 4 heterocycles. The first kappa shape index (κ1) is 45.3. The molecule has 5 aromatic carbocycles. The lowest BCUT2D eigenvalue weighted by molar-refractivity contribution is 0.0923. The zero-order chi connectivity index (χ0) is 46.7. The number of nitrogens with zero attached hydrogens (tertiary/aromatic N) is 7. The summed E-state index contributed by atoms with van der Waals surface area (Å²) in [5.74, 6) is 1.06. The van der Waals surface area contributed by atoms with Gasteiger partial charge in [0.2, 0.25) is 0 Å². The van der Waals surface area contributed by atoms with Gasteiger partial charge < -0.3 is 27.8 Å². The van der Waals surface area contributed by atoms with Gasteiger partial charge in [0.1, 0.15) is 59.0 Å². The van der Waals surface area contributed by atoms with Crippen LogP contribution in [0.5, 0.6) is 11.5 Å². The van der Waals surface area contributed by atoms with Crippen LogP contribution in [0.15, 0.2) is 158 Å². The molecule has 0 bridgehead atoms. The van der Waals surface area contributed by atoms with Crippen molar-refractivity contribution >= 4 is 21.9 Å². The van der Waals surface area contributed by atoms with Crippen molar-refractivity contribution in [3.05, 3.63) is 189 Å². The van der Waals surface area contributed by atoms with Gasteiger partial charge in [-0.25, -0.2) is 18.1 Å². The first-order valence-corrected chi connectivity index (χ1v) is 21.9. The Kier molecular flexibility index (Phi) is 14.4.